The van der Waals surface area contributed by atoms with Gasteiger partial charge in [-0.2, -0.15) is 13.2 Å². The maximum Gasteiger partial charge on any atom is 0.416 e. The highest BCUT2D eigenvalue weighted by Gasteiger charge is 2.34. The maximum absolute atomic E-state index is 12.8. The zero-order valence-electron chi connectivity index (χ0n) is 11.4. The van der Waals surface area contributed by atoms with Crippen molar-refractivity contribution in [1.82, 2.24) is 0 Å². The number of aliphatic imine (C=N–C) groups is 1. The van der Waals surface area contributed by atoms with Crippen molar-refractivity contribution in [3.05, 3.63) is 33.8 Å². The number of alkyl halides is 3. The molecule has 0 aliphatic carbocycles. The van der Waals surface area contributed by atoms with Crippen molar-refractivity contribution in [1.29, 1.82) is 0 Å². The van der Waals surface area contributed by atoms with E-state index in [1.807, 2.05) is 20.8 Å². The Labute approximate surface area is 124 Å². The van der Waals surface area contributed by atoms with Crippen LogP contribution in [0.4, 0.5) is 13.2 Å². The Morgan fingerprint density at radius 3 is 2.40 bits per heavy atom. The second-order valence-corrected chi connectivity index (χ2v) is 6.67. The second-order valence-electron chi connectivity index (χ2n) is 5.82. The van der Waals surface area contributed by atoms with Crippen LogP contribution in [0.15, 0.2) is 27.7 Å². The molecular formula is C14H15BrF3NO. The Morgan fingerprint density at radius 1 is 1.25 bits per heavy atom. The van der Waals surface area contributed by atoms with E-state index in [-0.39, 0.29) is 17.4 Å². The monoisotopic (exact) mass is 349 g/mol. The van der Waals surface area contributed by atoms with E-state index in [2.05, 4.69) is 20.9 Å². The van der Waals surface area contributed by atoms with Crippen molar-refractivity contribution >= 4 is 21.8 Å². The van der Waals surface area contributed by atoms with E-state index < -0.39 is 11.7 Å². The number of nitrogens with zero attached hydrogens (tertiary/aromatic N) is 1. The van der Waals surface area contributed by atoms with Crippen LogP contribution in [0.5, 0.6) is 0 Å². The average molecular weight is 350 g/mol. The second kappa shape index (κ2) is 5.06. The Balaban J connectivity index is 2.39. The summed E-state index contributed by atoms with van der Waals surface area (Å²) >= 11 is 3.25. The lowest BCUT2D eigenvalue weighted by Crippen LogP contribution is -2.25. The summed E-state index contributed by atoms with van der Waals surface area (Å²) < 4.78 is 44.3. The van der Waals surface area contributed by atoms with Crippen LogP contribution in [0.3, 0.4) is 0 Å². The summed E-state index contributed by atoms with van der Waals surface area (Å²) in [4.78, 5) is 4.41. The normalized spacial score (nSPS) is 19.8. The highest BCUT2D eigenvalue weighted by molar-refractivity contribution is 9.10. The molecule has 2 nitrogen and oxygen atoms in total. The predicted octanol–water partition coefficient (Wildman–Crippen LogP) is 4.66. The van der Waals surface area contributed by atoms with Crippen LogP contribution < -0.4 is 0 Å². The minimum Gasteiger partial charge on any atom is -0.475 e. The minimum atomic E-state index is -4.38. The minimum absolute atomic E-state index is 0.0565. The van der Waals surface area contributed by atoms with E-state index in [1.165, 1.54) is 6.07 Å². The summed E-state index contributed by atoms with van der Waals surface area (Å²) in [5.41, 5.74) is -0.455. The third-order valence-corrected chi connectivity index (χ3v) is 3.87. The lowest BCUT2D eigenvalue weighted by molar-refractivity contribution is -0.137. The summed E-state index contributed by atoms with van der Waals surface area (Å²) in [6.45, 7) is 6.46. The van der Waals surface area contributed by atoms with Gasteiger partial charge in [0.25, 0.3) is 0 Å². The molecule has 0 spiro atoms. The van der Waals surface area contributed by atoms with Gasteiger partial charge in [0.1, 0.15) is 6.61 Å². The van der Waals surface area contributed by atoms with Gasteiger partial charge in [0.15, 0.2) is 0 Å². The molecule has 0 amide bonds. The van der Waals surface area contributed by atoms with Crippen LogP contribution >= 0.6 is 15.9 Å². The highest BCUT2D eigenvalue weighted by atomic mass is 79.9. The van der Waals surface area contributed by atoms with Crippen molar-refractivity contribution in [3.8, 4) is 0 Å². The molecule has 0 aromatic heterocycles. The number of benzene rings is 1. The van der Waals surface area contributed by atoms with E-state index in [4.69, 9.17) is 4.74 Å². The van der Waals surface area contributed by atoms with Crippen molar-refractivity contribution < 1.29 is 17.9 Å². The summed E-state index contributed by atoms with van der Waals surface area (Å²) in [5.74, 6) is 0.267. The van der Waals surface area contributed by atoms with Gasteiger partial charge in [0.05, 0.1) is 17.2 Å². The SMILES string of the molecule is CC(C)(C)[C@@H]1COC(c2cc(C(F)(F)F)ccc2Br)=N1. The smallest absolute Gasteiger partial charge is 0.416 e. The van der Waals surface area contributed by atoms with Gasteiger partial charge in [-0.05, 0) is 39.5 Å². The van der Waals surface area contributed by atoms with E-state index in [1.54, 1.807) is 0 Å². The summed E-state index contributed by atoms with van der Waals surface area (Å²) in [6.07, 6.45) is -4.38. The zero-order valence-corrected chi connectivity index (χ0v) is 13.0. The average Bonchev–Trinajstić information content (AvgIpc) is 2.76. The van der Waals surface area contributed by atoms with Crippen LogP contribution in [0.1, 0.15) is 31.9 Å². The van der Waals surface area contributed by atoms with E-state index in [0.29, 0.717) is 16.6 Å². The molecule has 1 heterocycles. The quantitative estimate of drug-likeness (QED) is 0.722. The number of halogens is 4. The number of hydrogen-bond donors (Lipinski definition) is 0. The third-order valence-electron chi connectivity index (χ3n) is 3.17. The Morgan fingerprint density at radius 2 is 1.90 bits per heavy atom. The fraction of sp³-hybridized carbons (Fsp3) is 0.500. The van der Waals surface area contributed by atoms with Gasteiger partial charge in [-0.3, -0.25) is 0 Å². The fourth-order valence-electron chi connectivity index (χ4n) is 1.83. The molecule has 20 heavy (non-hydrogen) atoms. The molecule has 1 atom stereocenters. The molecular weight excluding hydrogens is 335 g/mol. The van der Waals surface area contributed by atoms with Gasteiger partial charge in [0, 0.05) is 4.47 Å². The molecule has 6 heteroatoms. The summed E-state index contributed by atoms with van der Waals surface area (Å²) in [5, 5.41) is 0. The molecule has 2 rings (SSSR count). The molecule has 0 fully saturated rings. The first-order chi connectivity index (χ1) is 9.09. The molecule has 0 saturated carbocycles. The summed E-state index contributed by atoms with van der Waals surface area (Å²) in [6, 6.07) is 3.41. The first-order valence-corrected chi connectivity index (χ1v) is 6.96. The first-order valence-electron chi connectivity index (χ1n) is 6.17. The molecule has 1 aromatic carbocycles. The predicted molar refractivity (Wildman–Crippen MR) is 74.9 cm³/mol. The standard InChI is InChI=1S/C14H15BrF3NO/c1-13(2,3)11-7-20-12(19-11)9-6-8(14(16,17)18)4-5-10(9)15/h4-6,11H,7H2,1-3H3/t11-/m0/s1. The van der Waals surface area contributed by atoms with Crippen molar-refractivity contribution in [3.63, 3.8) is 0 Å². The molecule has 0 saturated heterocycles. The van der Waals surface area contributed by atoms with Gasteiger partial charge >= 0.3 is 6.18 Å². The van der Waals surface area contributed by atoms with Crippen LogP contribution in [0, 0.1) is 5.41 Å². The zero-order chi connectivity index (χ0) is 15.1. The fourth-order valence-corrected chi connectivity index (χ4v) is 2.25. The van der Waals surface area contributed by atoms with Crippen molar-refractivity contribution in [2.75, 3.05) is 6.61 Å². The van der Waals surface area contributed by atoms with Crippen molar-refractivity contribution in [2.45, 2.75) is 33.0 Å². The molecule has 1 aliphatic rings. The molecule has 1 aromatic rings. The maximum atomic E-state index is 12.8. The van der Waals surface area contributed by atoms with E-state index in [9.17, 15) is 13.2 Å². The Bertz CT molecular complexity index is 546. The van der Waals surface area contributed by atoms with Crippen LogP contribution in [-0.2, 0) is 10.9 Å². The molecule has 1 aliphatic heterocycles. The van der Waals surface area contributed by atoms with Crippen LogP contribution in [0.2, 0.25) is 0 Å². The molecule has 0 bridgehead atoms. The first kappa shape index (κ1) is 15.4. The van der Waals surface area contributed by atoms with Gasteiger partial charge < -0.3 is 4.74 Å². The van der Waals surface area contributed by atoms with Crippen molar-refractivity contribution in [2.24, 2.45) is 10.4 Å². The number of hydrogen-bond acceptors (Lipinski definition) is 2. The van der Waals surface area contributed by atoms with Gasteiger partial charge in [-0.15, -0.1) is 0 Å². The van der Waals surface area contributed by atoms with Crippen LogP contribution in [-0.4, -0.2) is 18.5 Å². The Kier molecular flexibility index (Phi) is 3.88. The van der Waals surface area contributed by atoms with Gasteiger partial charge in [0.2, 0.25) is 5.90 Å². The lowest BCUT2D eigenvalue weighted by Gasteiger charge is -2.21. The lowest BCUT2D eigenvalue weighted by atomic mass is 9.88. The number of ether oxygens (including phenoxy) is 1. The Hall–Kier alpha value is -1.04. The van der Waals surface area contributed by atoms with Gasteiger partial charge in [-0.25, -0.2) is 4.99 Å². The largest absolute Gasteiger partial charge is 0.475 e. The van der Waals surface area contributed by atoms with E-state index >= 15 is 0 Å². The summed E-state index contributed by atoms with van der Waals surface area (Å²) in [7, 11) is 0. The third kappa shape index (κ3) is 3.16. The highest BCUT2D eigenvalue weighted by Crippen LogP contribution is 2.34. The molecule has 0 N–H and O–H groups in total. The molecule has 110 valence electrons. The topological polar surface area (TPSA) is 21.6 Å². The molecule has 0 radical (unpaired) electrons. The molecule has 0 unspecified atom stereocenters. The number of rotatable bonds is 1. The van der Waals surface area contributed by atoms with Gasteiger partial charge in [-0.1, -0.05) is 20.8 Å². The van der Waals surface area contributed by atoms with Crippen LogP contribution in [0.25, 0.3) is 0 Å². The van der Waals surface area contributed by atoms with E-state index in [0.717, 1.165) is 12.1 Å².